The highest BCUT2D eigenvalue weighted by Crippen LogP contribution is 2.27. The molecule has 0 spiro atoms. The normalized spacial score (nSPS) is 24.1. The van der Waals surface area contributed by atoms with Crippen LogP contribution < -0.4 is 4.90 Å². The second kappa shape index (κ2) is 5.28. The highest BCUT2D eigenvalue weighted by molar-refractivity contribution is 9.10. The number of halogens is 1. The fourth-order valence-corrected chi connectivity index (χ4v) is 2.61. The SMILES string of the molecule is CC1CN(c2cc(Br)cc(C(=O)O)c2)C(C)CO1. The van der Waals surface area contributed by atoms with Gasteiger partial charge in [0.25, 0.3) is 0 Å². The zero-order chi connectivity index (χ0) is 13.3. The number of carboxylic acids is 1. The monoisotopic (exact) mass is 313 g/mol. The molecular formula is C13H16BrNO3. The lowest BCUT2D eigenvalue weighted by atomic mass is 10.1. The molecule has 0 aromatic heterocycles. The summed E-state index contributed by atoms with van der Waals surface area (Å²) in [6.45, 7) is 5.54. The maximum atomic E-state index is 11.1. The first kappa shape index (κ1) is 13.4. The molecule has 1 aliphatic rings. The third-order valence-corrected chi connectivity index (χ3v) is 3.53. The second-order valence-electron chi connectivity index (χ2n) is 4.65. The Morgan fingerprint density at radius 1 is 1.44 bits per heavy atom. The first-order chi connectivity index (χ1) is 8.47. The molecule has 1 fully saturated rings. The largest absolute Gasteiger partial charge is 0.478 e. The molecule has 18 heavy (non-hydrogen) atoms. The van der Waals surface area contributed by atoms with E-state index >= 15 is 0 Å². The van der Waals surface area contributed by atoms with Crippen molar-refractivity contribution in [1.29, 1.82) is 0 Å². The van der Waals surface area contributed by atoms with Gasteiger partial charge in [0.15, 0.2) is 0 Å². The predicted molar refractivity (Wildman–Crippen MR) is 73.3 cm³/mol. The van der Waals surface area contributed by atoms with E-state index in [0.29, 0.717) is 12.2 Å². The van der Waals surface area contributed by atoms with Gasteiger partial charge in [0, 0.05) is 22.7 Å². The molecule has 1 saturated heterocycles. The standard InChI is InChI=1S/C13H16BrNO3/c1-8-7-18-9(2)6-15(8)12-4-10(13(16)17)3-11(14)5-12/h3-5,8-9H,6-7H2,1-2H3,(H,16,17). The van der Waals surface area contributed by atoms with E-state index in [2.05, 4.69) is 27.8 Å². The Morgan fingerprint density at radius 3 is 2.83 bits per heavy atom. The van der Waals surface area contributed by atoms with Gasteiger partial charge in [0.05, 0.1) is 18.3 Å². The van der Waals surface area contributed by atoms with Crippen LogP contribution >= 0.6 is 15.9 Å². The summed E-state index contributed by atoms with van der Waals surface area (Å²) in [5, 5.41) is 9.09. The maximum Gasteiger partial charge on any atom is 0.335 e. The van der Waals surface area contributed by atoms with E-state index in [1.807, 2.05) is 13.0 Å². The zero-order valence-corrected chi connectivity index (χ0v) is 12.0. The highest BCUT2D eigenvalue weighted by atomic mass is 79.9. The van der Waals surface area contributed by atoms with Gasteiger partial charge in [-0.15, -0.1) is 0 Å². The fourth-order valence-electron chi connectivity index (χ4n) is 2.13. The molecule has 2 unspecified atom stereocenters. The third-order valence-electron chi connectivity index (χ3n) is 3.07. The number of ether oxygens (including phenoxy) is 1. The fraction of sp³-hybridized carbons (Fsp3) is 0.462. The minimum absolute atomic E-state index is 0.161. The summed E-state index contributed by atoms with van der Waals surface area (Å²) in [4.78, 5) is 13.3. The van der Waals surface area contributed by atoms with Crippen LogP contribution in [0.3, 0.4) is 0 Å². The van der Waals surface area contributed by atoms with Crippen molar-refractivity contribution in [3.05, 3.63) is 28.2 Å². The molecule has 1 heterocycles. The molecule has 2 rings (SSSR count). The van der Waals surface area contributed by atoms with Gasteiger partial charge in [0.2, 0.25) is 0 Å². The van der Waals surface area contributed by atoms with Crippen LogP contribution in [0.4, 0.5) is 5.69 Å². The third kappa shape index (κ3) is 2.84. The number of morpholine rings is 1. The highest BCUT2D eigenvalue weighted by Gasteiger charge is 2.24. The van der Waals surface area contributed by atoms with E-state index in [1.54, 1.807) is 12.1 Å². The molecule has 0 bridgehead atoms. The van der Waals surface area contributed by atoms with Crippen LogP contribution in [0.25, 0.3) is 0 Å². The van der Waals surface area contributed by atoms with Crippen molar-refractivity contribution in [2.24, 2.45) is 0 Å². The smallest absolute Gasteiger partial charge is 0.335 e. The summed E-state index contributed by atoms with van der Waals surface area (Å²) in [5.74, 6) is -0.911. The molecule has 0 saturated carbocycles. The van der Waals surface area contributed by atoms with Crippen LogP contribution in [0.2, 0.25) is 0 Å². The molecule has 1 aliphatic heterocycles. The van der Waals surface area contributed by atoms with Crippen LogP contribution in [-0.4, -0.2) is 36.4 Å². The average Bonchev–Trinajstić information content (AvgIpc) is 2.31. The number of anilines is 1. The summed E-state index contributed by atoms with van der Waals surface area (Å²) in [6.07, 6.45) is 0.161. The molecule has 0 aliphatic carbocycles. The minimum Gasteiger partial charge on any atom is -0.478 e. The molecule has 5 heteroatoms. The first-order valence-electron chi connectivity index (χ1n) is 5.89. The number of hydrogen-bond donors (Lipinski definition) is 1. The number of carboxylic acid groups (broad SMARTS) is 1. The lowest BCUT2D eigenvalue weighted by molar-refractivity contribution is 0.0344. The molecule has 0 radical (unpaired) electrons. The maximum absolute atomic E-state index is 11.1. The number of benzene rings is 1. The van der Waals surface area contributed by atoms with E-state index in [-0.39, 0.29) is 12.1 Å². The molecule has 1 N–H and O–H groups in total. The second-order valence-corrected chi connectivity index (χ2v) is 5.56. The Morgan fingerprint density at radius 2 is 2.17 bits per heavy atom. The van der Waals surface area contributed by atoms with Crippen LogP contribution in [0, 0.1) is 0 Å². The van der Waals surface area contributed by atoms with Crippen molar-refractivity contribution in [2.45, 2.75) is 26.0 Å². The van der Waals surface area contributed by atoms with Gasteiger partial charge in [-0.25, -0.2) is 4.79 Å². The molecule has 0 amide bonds. The van der Waals surface area contributed by atoms with E-state index in [1.165, 1.54) is 0 Å². The summed E-state index contributed by atoms with van der Waals surface area (Å²) in [7, 11) is 0. The number of rotatable bonds is 2. The Labute approximate surface area is 115 Å². The van der Waals surface area contributed by atoms with Crippen molar-refractivity contribution in [1.82, 2.24) is 0 Å². The lowest BCUT2D eigenvalue weighted by Gasteiger charge is -2.38. The van der Waals surface area contributed by atoms with Gasteiger partial charge < -0.3 is 14.7 Å². The zero-order valence-electron chi connectivity index (χ0n) is 10.4. The van der Waals surface area contributed by atoms with Gasteiger partial charge in [-0.2, -0.15) is 0 Å². The van der Waals surface area contributed by atoms with E-state index in [4.69, 9.17) is 9.84 Å². The number of nitrogens with zero attached hydrogens (tertiary/aromatic N) is 1. The molecule has 98 valence electrons. The molecule has 1 aromatic rings. The van der Waals surface area contributed by atoms with E-state index in [9.17, 15) is 4.79 Å². The van der Waals surface area contributed by atoms with Crippen molar-refractivity contribution in [3.8, 4) is 0 Å². The van der Waals surface area contributed by atoms with Crippen molar-refractivity contribution in [2.75, 3.05) is 18.1 Å². The Bertz CT molecular complexity index is 464. The molecule has 1 aromatic carbocycles. The van der Waals surface area contributed by atoms with Crippen LogP contribution in [0.1, 0.15) is 24.2 Å². The molecule has 2 atom stereocenters. The first-order valence-corrected chi connectivity index (χ1v) is 6.69. The van der Waals surface area contributed by atoms with Crippen LogP contribution in [0.15, 0.2) is 22.7 Å². The lowest BCUT2D eigenvalue weighted by Crippen LogP contribution is -2.47. The number of aromatic carboxylic acids is 1. The summed E-state index contributed by atoms with van der Waals surface area (Å²) >= 11 is 3.36. The van der Waals surface area contributed by atoms with Gasteiger partial charge >= 0.3 is 5.97 Å². The number of carbonyl (C=O) groups is 1. The molecular weight excluding hydrogens is 298 g/mol. The summed E-state index contributed by atoms with van der Waals surface area (Å²) in [5.41, 5.74) is 1.22. The van der Waals surface area contributed by atoms with Crippen LogP contribution in [0.5, 0.6) is 0 Å². The molecule has 4 nitrogen and oxygen atoms in total. The Kier molecular flexibility index (Phi) is 3.92. The topological polar surface area (TPSA) is 49.8 Å². The predicted octanol–water partition coefficient (Wildman–Crippen LogP) is 2.76. The van der Waals surface area contributed by atoms with Crippen molar-refractivity contribution >= 4 is 27.6 Å². The van der Waals surface area contributed by atoms with Crippen LogP contribution in [-0.2, 0) is 4.74 Å². The van der Waals surface area contributed by atoms with Crippen molar-refractivity contribution in [3.63, 3.8) is 0 Å². The van der Waals surface area contributed by atoms with E-state index < -0.39 is 5.97 Å². The van der Waals surface area contributed by atoms with Gasteiger partial charge in [-0.3, -0.25) is 0 Å². The van der Waals surface area contributed by atoms with Gasteiger partial charge in [0.1, 0.15) is 0 Å². The van der Waals surface area contributed by atoms with Crippen molar-refractivity contribution < 1.29 is 14.6 Å². The van der Waals surface area contributed by atoms with Gasteiger partial charge in [-0.05, 0) is 32.0 Å². The quantitative estimate of drug-likeness (QED) is 0.912. The average molecular weight is 314 g/mol. The summed E-state index contributed by atoms with van der Waals surface area (Å²) < 4.78 is 6.36. The Balaban J connectivity index is 2.34. The summed E-state index contributed by atoms with van der Waals surface area (Å²) in [6, 6.07) is 5.51. The Hall–Kier alpha value is -1.07. The van der Waals surface area contributed by atoms with E-state index in [0.717, 1.165) is 16.7 Å². The minimum atomic E-state index is -0.911. The van der Waals surface area contributed by atoms with Gasteiger partial charge in [-0.1, -0.05) is 15.9 Å². The number of hydrogen-bond acceptors (Lipinski definition) is 3.